The van der Waals surface area contributed by atoms with Crippen LogP contribution in [-0.4, -0.2) is 43.7 Å². The summed E-state index contributed by atoms with van der Waals surface area (Å²) in [5.74, 6) is -3.39. The number of hydrogen-bond acceptors (Lipinski definition) is 3. The van der Waals surface area contributed by atoms with Gasteiger partial charge in [-0.05, 0) is 33.7 Å². The first-order chi connectivity index (χ1) is 8.66. The molecule has 0 heterocycles. The lowest BCUT2D eigenvalue weighted by Gasteiger charge is -2.21. The van der Waals surface area contributed by atoms with E-state index >= 15 is 0 Å². The number of hydrogen-bond donors (Lipinski definition) is 2. The molecule has 0 unspecified atom stereocenters. The average molecular weight is 280 g/mol. The molecule has 0 bridgehead atoms. The second-order valence-corrected chi connectivity index (χ2v) is 5.57. The van der Waals surface area contributed by atoms with Crippen molar-refractivity contribution < 1.29 is 18.3 Å². The predicted molar refractivity (Wildman–Crippen MR) is 71.4 cm³/mol. The summed E-state index contributed by atoms with van der Waals surface area (Å²) in [5, 5.41) is 5.41. The van der Waals surface area contributed by atoms with Crippen molar-refractivity contribution in [3.05, 3.63) is 0 Å². The SMILES string of the molecule is CCC(=O)NCC(F)(F)COCCCNC(C)(C)C. The molecule has 0 aliphatic carbocycles. The van der Waals surface area contributed by atoms with Gasteiger partial charge in [-0.3, -0.25) is 4.79 Å². The van der Waals surface area contributed by atoms with Gasteiger partial charge in [0.1, 0.15) is 6.61 Å². The second kappa shape index (κ2) is 8.43. The van der Waals surface area contributed by atoms with E-state index in [0.717, 1.165) is 6.54 Å². The van der Waals surface area contributed by atoms with Gasteiger partial charge < -0.3 is 15.4 Å². The summed E-state index contributed by atoms with van der Waals surface area (Å²) in [6, 6.07) is 0. The summed E-state index contributed by atoms with van der Waals surface area (Å²) >= 11 is 0. The van der Waals surface area contributed by atoms with Crippen LogP contribution in [-0.2, 0) is 9.53 Å². The van der Waals surface area contributed by atoms with E-state index in [0.29, 0.717) is 6.42 Å². The van der Waals surface area contributed by atoms with Gasteiger partial charge in [-0.25, -0.2) is 8.78 Å². The molecule has 114 valence electrons. The largest absolute Gasteiger partial charge is 0.375 e. The minimum absolute atomic E-state index is 0.0222. The topological polar surface area (TPSA) is 50.4 Å². The Morgan fingerprint density at radius 3 is 2.42 bits per heavy atom. The Morgan fingerprint density at radius 1 is 1.26 bits per heavy atom. The average Bonchev–Trinajstić information content (AvgIpc) is 2.29. The fourth-order valence-corrected chi connectivity index (χ4v) is 1.26. The lowest BCUT2D eigenvalue weighted by Crippen LogP contribution is -2.40. The highest BCUT2D eigenvalue weighted by atomic mass is 19.3. The first kappa shape index (κ1) is 18.2. The van der Waals surface area contributed by atoms with Crippen LogP contribution in [0.15, 0.2) is 0 Å². The maximum Gasteiger partial charge on any atom is 0.287 e. The maximum atomic E-state index is 13.3. The van der Waals surface area contributed by atoms with Crippen LogP contribution in [0, 0.1) is 0 Å². The summed E-state index contributed by atoms with van der Waals surface area (Å²) in [4.78, 5) is 10.9. The van der Waals surface area contributed by atoms with Crippen LogP contribution in [0.5, 0.6) is 0 Å². The van der Waals surface area contributed by atoms with E-state index in [1.54, 1.807) is 6.92 Å². The van der Waals surface area contributed by atoms with Crippen molar-refractivity contribution in [2.75, 3.05) is 26.3 Å². The van der Waals surface area contributed by atoms with Gasteiger partial charge in [-0.1, -0.05) is 6.92 Å². The highest BCUT2D eigenvalue weighted by molar-refractivity contribution is 5.75. The van der Waals surface area contributed by atoms with Crippen molar-refractivity contribution in [2.24, 2.45) is 0 Å². The molecule has 0 atom stereocenters. The van der Waals surface area contributed by atoms with Gasteiger partial charge in [0.25, 0.3) is 5.92 Å². The summed E-state index contributed by atoms with van der Waals surface area (Å²) in [5.41, 5.74) is 0.0222. The second-order valence-electron chi connectivity index (χ2n) is 5.57. The van der Waals surface area contributed by atoms with E-state index in [-0.39, 0.29) is 24.5 Å². The molecule has 0 fully saturated rings. The molecule has 1 amide bonds. The number of carbonyl (C=O) groups is 1. The van der Waals surface area contributed by atoms with Gasteiger partial charge in [-0.15, -0.1) is 0 Å². The molecule has 0 saturated carbocycles. The molecule has 0 radical (unpaired) electrons. The third-order valence-corrected chi connectivity index (χ3v) is 2.30. The molecule has 2 N–H and O–H groups in total. The Hall–Kier alpha value is -0.750. The Balaban J connectivity index is 3.61. The summed E-state index contributed by atoms with van der Waals surface area (Å²) in [6.07, 6.45) is 0.879. The van der Waals surface area contributed by atoms with Crippen LogP contribution in [0.1, 0.15) is 40.5 Å². The van der Waals surface area contributed by atoms with Crippen LogP contribution in [0.3, 0.4) is 0 Å². The smallest absolute Gasteiger partial charge is 0.287 e. The lowest BCUT2D eigenvalue weighted by atomic mass is 10.1. The van der Waals surface area contributed by atoms with E-state index in [4.69, 9.17) is 4.74 Å². The quantitative estimate of drug-likeness (QED) is 0.635. The van der Waals surface area contributed by atoms with E-state index in [1.165, 1.54) is 0 Å². The number of rotatable bonds is 9. The third-order valence-electron chi connectivity index (χ3n) is 2.30. The van der Waals surface area contributed by atoms with E-state index in [9.17, 15) is 13.6 Å². The van der Waals surface area contributed by atoms with Crippen LogP contribution < -0.4 is 10.6 Å². The maximum absolute atomic E-state index is 13.3. The van der Waals surface area contributed by atoms with Crippen LogP contribution in [0.4, 0.5) is 8.78 Å². The van der Waals surface area contributed by atoms with Gasteiger partial charge in [0.2, 0.25) is 5.91 Å². The zero-order chi connectivity index (χ0) is 14.9. The van der Waals surface area contributed by atoms with Gasteiger partial charge in [0.15, 0.2) is 0 Å². The van der Waals surface area contributed by atoms with Gasteiger partial charge >= 0.3 is 0 Å². The fourth-order valence-electron chi connectivity index (χ4n) is 1.26. The predicted octanol–water partition coefficient (Wildman–Crippen LogP) is 1.94. The summed E-state index contributed by atoms with van der Waals surface area (Å²) < 4.78 is 31.5. The Kier molecular flexibility index (Phi) is 8.09. The highest BCUT2D eigenvalue weighted by Gasteiger charge is 2.29. The van der Waals surface area contributed by atoms with Crippen molar-refractivity contribution in [3.8, 4) is 0 Å². The molecule has 0 aliphatic heterocycles. The van der Waals surface area contributed by atoms with Crippen molar-refractivity contribution >= 4 is 5.91 Å². The van der Waals surface area contributed by atoms with E-state index in [1.807, 2.05) is 20.8 Å². The Labute approximate surface area is 114 Å². The molecule has 0 aromatic carbocycles. The summed E-state index contributed by atoms with van der Waals surface area (Å²) in [6.45, 7) is 7.41. The zero-order valence-electron chi connectivity index (χ0n) is 12.3. The standard InChI is InChI=1S/C13H26F2N2O2/c1-5-11(18)16-9-13(14,15)10-19-8-6-7-17-12(2,3)4/h17H,5-10H2,1-4H3,(H,16,18). The number of ether oxygens (including phenoxy) is 1. The van der Waals surface area contributed by atoms with Crippen molar-refractivity contribution in [2.45, 2.75) is 52.0 Å². The highest BCUT2D eigenvalue weighted by Crippen LogP contribution is 2.12. The molecule has 19 heavy (non-hydrogen) atoms. The summed E-state index contributed by atoms with van der Waals surface area (Å²) in [7, 11) is 0. The molecular weight excluding hydrogens is 254 g/mol. The zero-order valence-corrected chi connectivity index (χ0v) is 12.3. The number of amides is 1. The molecule has 0 rings (SSSR count). The molecule has 0 aromatic heterocycles. The number of nitrogens with one attached hydrogen (secondary N) is 2. The van der Waals surface area contributed by atoms with Crippen LogP contribution >= 0.6 is 0 Å². The number of halogens is 2. The fraction of sp³-hybridized carbons (Fsp3) is 0.923. The first-order valence-electron chi connectivity index (χ1n) is 6.63. The monoisotopic (exact) mass is 280 g/mol. The Bertz CT molecular complexity index is 266. The van der Waals surface area contributed by atoms with Crippen molar-refractivity contribution in [1.29, 1.82) is 0 Å². The van der Waals surface area contributed by atoms with E-state index in [2.05, 4.69) is 10.6 Å². The molecule has 6 heteroatoms. The number of carbonyl (C=O) groups excluding carboxylic acids is 1. The first-order valence-corrected chi connectivity index (χ1v) is 6.63. The molecular formula is C13H26F2N2O2. The van der Waals surface area contributed by atoms with E-state index < -0.39 is 19.1 Å². The lowest BCUT2D eigenvalue weighted by molar-refractivity contribution is -0.124. The molecule has 4 nitrogen and oxygen atoms in total. The molecule has 0 spiro atoms. The number of alkyl halides is 2. The molecule has 0 aliphatic rings. The van der Waals surface area contributed by atoms with Crippen LogP contribution in [0.2, 0.25) is 0 Å². The molecule has 0 aromatic rings. The van der Waals surface area contributed by atoms with Crippen molar-refractivity contribution in [1.82, 2.24) is 10.6 Å². The third kappa shape index (κ3) is 12.0. The normalized spacial score (nSPS) is 12.5. The van der Waals surface area contributed by atoms with Gasteiger partial charge in [-0.2, -0.15) is 0 Å². The van der Waals surface area contributed by atoms with Gasteiger partial charge in [0, 0.05) is 18.6 Å². The minimum atomic E-state index is -3.01. The minimum Gasteiger partial charge on any atom is -0.375 e. The Morgan fingerprint density at radius 2 is 1.89 bits per heavy atom. The van der Waals surface area contributed by atoms with Crippen molar-refractivity contribution in [3.63, 3.8) is 0 Å². The van der Waals surface area contributed by atoms with Gasteiger partial charge in [0.05, 0.1) is 6.54 Å². The molecule has 0 saturated heterocycles. The van der Waals surface area contributed by atoms with Crippen LogP contribution in [0.25, 0.3) is 0 Å².